The Morgan fingerprint density at radius 1 is 0.700 bits per heavy atom. The third-order valence-corrected chi connectivity index (χ3v) is 4.28. The maximum atomic E-state index is 15.2. The smallest absolute Gasteiger partial charge is 0.329 e. The summed E-state index contributed by atoms with van der Waals surface area (Å²) in [4.78, 5) is 0. The molecule has 0 fully saturated rings. The van der Waals surface area contributed by atoms with Gasteiger partial charge in [-0.15, -0.1) is 0 Å². The molecule has 0 saturated heterocycles. The Kier molecular flexibility index (Phi) is 11.0. The van der Waals surface area contributed by atoms with Crippen LogP contribution in [0.15, 0.2) is 0 Å². The summed E-state index contributed by atoms with van der Waals surface area (Å²) in [6.07, 6.45) is -16.9. The molecule has 0 aliphatic rings. The molecule has 0 bridgehead atoms. The zero-order valence-corrected chi connectivity index (χ0v) is 17.7. The molecule has 0 aromatic heterocycles. The number of hydrogen-bond donors (Lipinski definition) is 0. The van der Waals surface area contributed by atoms with Gasteiger partial charge in [0.15, 0.2) is 11.5 Å². The third kappa shape index (κ3) is 6.39. The first-order valence-corrected chi connectivity index (χ1v) is 9.14. The lowest BCUT2D eigenvalue weighted by atomic mass is 9.78. The van der Waals surface area contributed by atoms with Crippen LogP contribution < -0.4 is 0 Å². The monoisotopic (exact) mass is 462 g/mol. The fraction of sp³-hybridized carbons (Fsp3) is 1.00. The van der Waals surface area contributed by atoms with Crippen molar-refractivity contribution in [2.24, 2.45) is 5.92 Å². The Morgan fingerprint density at radius 3 is 1.37 bits per heavy atom. The average molecular weight is 462 g/mol. The van der Waals surface area contributed by atoms with Crippen LogP contribution in [0.1, 0.15) is 40.0 Å². The van der Waals surface area contributed by atoms with Crippen molar-refractivity contribution in [3.05, 3.63) is 0 Å². The predicted octanol–water partition coefficient (Wildman–Crippen LogP) is 4.92. The molecule has 6 nitrogen and oxygen atoms in total. The Balaban J connectivity index is 7.19. The average Bonchev–Trinajstić information content (AvgIpc) is 2.59. The van der Waals surface area contributed by atoms with Gasteiger partial charge in [0.05, 0.1) is 13.2 Å². The number of alkyl halides is 7. The van der Waals surface area contributed by atoms with Crippen molar-refractivity contribution in [3.63, 3.8) is 0 Å². The van der Waals surface area contributed by atoms with Gasteiger partial charge >= 0.3 is 24.6 Å². The van der Waals surface area contributed by atoms with Gasteiger partial charge < -0.3 is 14.2 Å². The molecule has 0 rings (SSSR count). The van der Waals surface area contributed by atoms with Crippen LogP contribution in [-0.4, -0.2) is 64.7 Å². The minimum Gasteiger partial charge on any atom is -0.329 e. The number of rotatable bonds is 14. The highest BCUT2D eigenvalue weighted by molar-refractivity contribution is 5.03. The molecule has 0 aliphatic carbocycles. The molecule has 182 valence electrons. The van der Waals surface area contributed by atoms with E-state index in [2.05, 4.69) is 9.47 Å². The molecule has 1 atom stereocenters. The molecule has 0 radical (unpaired) electrons. The molecule has 0 saturated carbocycles. The summed E-state index contributed by atoms with van der Waals surface area (Å²) in [5, 5.41) is 0. The Morgan fingerprint density at radius 2 is 1.10 bits per heavy atom. The highest BCUT2D eigenvalue weighted by Gasteiger charge is 2.77. The van der Waals surface area contributed by atoms with E-state index in [0.29, 0.717) is 0 Å². The fourth-order valence-corrected chi connectivity index (χ4v) is 3.23. The standard InChI is InChI=1S/C17H29F7O6/c1-7-10-11-13(16(25-4,26-5)27-6,12(14(18,19)20)15(21,22)23)30-17(24,28-8-2)29-9-3/h12H,7-11H2,1-6H3. The van der Waals surface area contributed by atoms with Gasteiger partial charge in [0.1, 0.15) is 0 Å². The lowest BCUT2D eigenvalue weighted by Gasteiger charge is -2.51. The summed E-state index contributed by atoms with van der Waals surface area (Å²) in [7, 11) is 2.21. The summed E-state index contributed by atoms with van der Waals surface area (Å²) in [5.74, 6) is -7.43. The van der Waals surface area contributed by atoms with E-state index in [1.54, 1.807) is 0 Å². The van der Waals surface area contributed by atoms with Gasteiger partial charge in [-0.05, 0) is 20.3 Å². The second kappa shape index (κ2) is 11.2. The van der Waals surface area contributed by atoms with E-state index in [-0.39, 0.29) is 12.8 Å². The first kappa shape index (κ1) is 29.3. The van der Waals surface area contributed by atoms with Crippen LogP contribution in [-0.2, 0) is 28.4 Å². The predicted molar refractivity (Wildman–Crippen MR) is 89.8 cm³/mol. The highest BCUT2D eigenvalue weighted by Crippen LogP contribution is 2.56. The van der Waals surface area contributed by atoms with Crippen LogP contribution >= 0.6 is 0 Å². The van der Waals surface area contributed by atoms with Crippen molar-refractivity contribution in [1.82, 2.24) is 0 Å². The van der Waals surface area contributed by atoms with Crippen LogP contribution in [0, 0.1) is 5.92 Å². The van der Waals surface area contributed by atoms with Crippen LogP contribution in [0.4, 0.5) is 30.7 Å². The second-order valence-corrected chi connectivity index (χ2v) is 6.13. The first-order chi connectivity index (χ1) is 13.7. The molecule has 0 aromatic rings. The zero-order chi connectivity index (χ0) is 23.9. The summed E-state index contributed by atoms with van der Waals surface area (Å²) >= 11 is 0. The van der Waals surface area contributed by atoms with Crippen molar-refractivity contribution in [3.8, 4) is 0 Å². The lowest BCUT2D eigenvalue weighted by molar-refractivity contribution is -0.548. The fourth-order valence-electron chi connectivity index (χ4n) is 3.23. The molecule has 0 N–H and O–H groups in total. The summed E-state index contributed by atoms with van der Waals surface area (Å²) in [6, 6.07) is 0. The van der Waals surface area contributed by atoms with E-state index in [4.69, 9.17) is 18.9 Å². The van der Waals surface area contributed by atoms with Crippen molar-refractivity contribution in [2.45, 2.75) is 70.2 Å². The Hall–Kier alpha value is -0.730. The van der Waals surface area contributed by atoms with Crippen molar-refractivity contribution in [2.75, 3.05) is 34.5 Å². The largest absolute Gasteiger partial charge is 0.449 e. The second-order valence-electron chi connectivity index (χ2n) is 6.13. The molecule has 0 aliphatic heterocycles. The van der Waals surface area contributed by atoms with Crippen molar-refractivity contribution >= 4 is 0 Å². The minimum atomic E-state index is -5.97. The maximum absolute atomic E-state index is 15.2. The molecular formula is C17H29F7O6. The number of hydrogen-bond acceptors (Lipinski definition) is 6. The quantitative estimate of drug-likeness (QED) is 0.270. The molecule has 13 heteroatoms. The summed E-state index contributed by atoms with van der Waals surface area (Å²) in [5.41, 5.74) is -3.66. The van der Waals surface area contributed by atoms with Gasteiger partial charge in [-0.3, -0.25) is 14.2 Å². The number of unbranched alkanes of at least 4 members (excludes halogenated alkanes) is 1. The van der Waals surface area contributed by atoms with Crippen molar-refractivity contribution < 1.29 is 59.2 Å². The van der Waals surface area contributed by atoms with E-state index in [1.165, 1.54) is 20.8 Å². The van der Waals surface area contributed by atoms with Crippen LogP contribution in [0.3, 0.4) is 0 Å². The van der Waals surface area contributed by atoms with Crippen LogP contribution in [0.5, 0.6) is 0 Å². The van der Waals surface area contributed by atoms with Gasteiger partial charge in [0.2, 0.25) is 0 Å². The third-order valence-electron chi connectivity index (χ3n) is 4.28. The lowest BCUT2D eigenvalue weighted by Crippen LogP contribution is -2.71. The molecule has 0 heterocycles. The Labute approximate surface area is 170 Å². The number of methoxy groups -OCH3 is 3. The minimum absolute atomic E-state index is 0.128. The van der Waals surface area contributed by atoms with Gasteiger partial charge in [-0.2, -0.15) is 30.7 Å². The van der Waals surface area contributed by atoms with Crippen molar-refractivity contribution in [1.29, 1.82) is 0 Å². The van der Waals surface area contributed by atoms with Gasteiger partial charge in [-0.1, -0.05) is 19.8 Å². The summed E-state index contributed by atoms with van der Waals surface area (Å²) < 4.78 is 127. The van der Waals surface area contributed by atoms with Gasteiger partial charge in [0, 0.05) is 21.3 Å². The van der Waals surface area contributed by atoms with E-state index in [1.807, 2.05) is 0 Å². The molecular weight excluding hydrogens is 433 g/mol. The highest BCUT2D eigenvalue weighted by atomic mass is 19.4. The molecule has 1 unspecified atom stereocenters. The number of halogens is 7. The first-order valence-electron chi connectivity index (χ1n) is 9.14. The van der Waals surface area contributed by atoms with E-state index in [0.717, 1.165) is 21.3 Å². The number of ether oxygens (including phenoxy) is 6. The summed E-state index contributed by atoms with van der Waals surface area (Å²) in [6.45, 7) is 2.99. The van der Waals surface area contributed by atoms with E-state index < -0.39 is 55.7 Å². The van der Waals surface area contributed by atoms with Gasteiger partial charge in [-0.25, -0.2) is 0 Å². The van der Waals surface area contributed by atoms with Crippen LogP contribution in [0.25, 0.3) is 0 Å². The van der Waals surface area contributed by atoms with E-state index >= 15 is 4.39 Å². The molecule has 0 spiro atoms. The normalized spacial score (nSPS) is 16.2. The zero-order valence-electron chi connectivity index (χ0n) is 17.7. The van der Waals surface area contributed by atoms with Gasteiger partial charge in [0.25, 0.3) is 0 Å². The molecule has 0 aromatic carbocycles. The Bertz CT molecular complexity index is 468. The van der Waals surface area contributed by atoms with E-state index in [9.17, 15) is 26.3 Å². The molecule has 0 amide bonds. The maximum Gasteiger partial charge on any atom is 0.449 e. The van der Waals surface area contributed by atoms with Crippen LogP contribution in [0.2, 0.25) is 0 Å². The topological polar surface area (TPSA) is 55.4 Å². The molecule has 30 heavy (non-hydrogen) atoms. The SMILES string of the molecule is CCCCC(OC(F)(OCC)OCC)(C(C(F)(F)F)C(F)(F)F)C(OC)(OC)OC.